The Bertz CT molecular complexity index is 1370. The summed E-state index contributed by atoms with van der Waals surface area (Å²) in [5, 5.41) is 11.8. The minimum atomic E-state index is -1.23. The Kier molecular flexibility index (Phi) is 10.9. The van der Waals surface area contributed by atoms with Crippen LogP contribution < -0.4 is 5.11 Å². The summed E-state index contributed by atoms with van der Waals surface area (Å²) in [7, 11) is 0. The number of carboxylic acids is 1. The predicted molar refractivity (Wildman–Crippen MR) is 155 cm³/mol. The van der Waals surface area contributed by atoms with Gasteiger partial charge in [0.05, 0.1) is 24.4 Å². The van der Waals surface area contributed by atoms with Crippen LogP contribution in [0, 0.1) is 0 Å². The Morgan fingerprint density at radius 2 is 1.55 bits per heavy atom. The van der Waals surface area contributed by atoms with Crippen molar-refractivity contribution in [3.8, 4) is 0 Å². The molecule has 212 valence electrons. The summed E-state index contributed by atoms with van der Waals surface area (Å²) in [6.45, 7) is 5.15. The van der Waals surface area contributed by atoms with Gasteiger partial charge in [0.15, 0.2) is 0 Å². The number of carboxylic acid groups (broad SMARTS) is 1. The summed E-state index contributed by atoms with van der Waals surface area (Å²) < 4.78 is 2.02. The molecule has 10 heteroatoms. The number of halogens is 2. The molecule has 3 amide bonds. The molecule has 3 aromatic rings. The van der Waals surface area contributed by atoms with Gasteiger partial charge in [0.1, 0.15) is 11.5 Å². The zero-order valence-corrected chi connectivity index (χ0v) is 24.2. The lowest BCUT2D eigenvalue weighted by atomic mass is 10.1. The average molecular weight is 585 g/mol. The first kappa shape index (κ1) is 30.9. The first-order valence-corrected chi connectivity index (χ1v) is 13.6. The van der Waals surface area contributed by atoms with Crippen molar-refractivity contribution in [2.75, 3.05) is 6.54 Å². The van der Waals surface area contributed by atoms with Crippen molar-refractivity contribution in [2.24, 2.45) is 0 Å². The lowest BCUT2D eigenvalue weighted by molar-refractivity contribution is -0.255. The highest BCUT2D eigenvalue weighted by Crippen LogP contribution is 2.27. The largest absolute Gasteiger partial charge is 0.545 e. The molecular weight excluding hydrogens is 551 g/mol. The Labute approximate surface area is 245 Å². The normalized spacial score (nSPS) is 14.2. The van der Waals surface area contributed by atoms with E-state index < -0.39 is 5.97 Å². The van der Waals surface area contributed by atoms with Crippen LogP contribution in [0.3, 0.4) is 0 Å². The minimum Gasteiger partial charge on any atom is -0.545 e. The van der Waals surface area contributed by atoms with Gasteiger partial charge < -0.3 is 14.5 Å². The van der Waals surface area contributed by atoms with E-state index in [2.05, 4.69) is 11.9 Å². The van der Waals surface area contributed by atoms with Gasteiger partial charge >= 0.3 is 6.03 Å². The van der Waals surface area contributed by atoms with Gasteiger partial charge in [0.2, 0.25) is 0 Å². The second-order valence-corrected chi connectivity index (χ2v) is 10.0. The lowest BCUT2D eigenvalue weighted by Gasteiger charge is -2.18. The summed E-state index contributed by atoms with van der Waals surface area (Å²) in [5.74, 6) is -0.698. The topological polar surface area (TPSA) is 98.6 Å². The van der Waals surface area contributed by atoms with Crippen molar-refractivity contribution >= 4 is 48.0 Å². The molecule has 0 spiro atoms. The van der Waals surface area contributed by atoms with E-state index in [1.54, 1.807) is 36.5 Å². The van der Waals surface area contributed by atoms with E-state index in [-0.39, 0.29) is 36.5 Å². The summed E-state index contributed by atoms with van der Waals surface area (Å²) in [5.41, 5.74) is 2.83. The van der Waals surface area contributed by atoms with Crippen LogP contribution in [0.25, 0.3) is 6.08 Å². The number of unbranched alkanes of at least 4 members (excludes halogenated alkanes) is 2. The maximum atomic E-state index is 13.5. The average Bonchev–Trinajstić information content (AvgIpc) is 3.40. The smallest absolute Gasteiger partial charge is 0.331 e. The number of imidazole rings is 1. The second kappa shape index (κ2) is 14.1. The van der Waals surface area contributed by atoms with Crippen molar-refractivity contribution in [1.29, 1.82) is 0 Å². The van der Waals surface area contributed by atoms with Gasteiger partial charge in [0, 0.05) is 24.5 Å². The van der Waals surface area contributed by atoms with Gasteiger partial charge in [0.25, 0.3) is 5.91 Å². The predicted octanol–water partition coefficient (Wildman–Crippen LogP) is 5.32. The van der Waals surface area contributed by atoms with Crippen LogP contribution in [0.2, 0.25) is 5.02 Å². The number of urea groups is 1. The van der Waals surface area contributed by atoms with E-state index in [0.29, 0.717) is 29.5 Å². The monoisotopic (exact) mass is 583 g/mol. The van der Waals surface area contributed by atoms with E-state index in [1.165, 1.54) is 21.9 Å². The standard InChI is InChI=1S/C30H33ClN4O4.ClH/c1-3-5-7-27-32-18-25(34(27)19-21-8-12-23(13-9-21)29(37)38)17-26-28(36)33(16-6-4-2)30(39)35(26)20-22-10-14-24(31)15-11-22;/h8-15,17-18H,3-7,16,19-20H2,1-2H3,(H,37,38);1H/p-1/b26-17-;. The molecule has 40 heavy (non-hydrogen) atoms. The molecule has 8 nitrogen and oxygen atoms in total. The molecule has 1 saturated heterocycles. The number of nitrogens with zero attached hydrogens (tertiary/aromatic N) is 4. The number of hydrogen-bond acceptors (Lipinski definition) is 5. The third-order valence-electron chi connectivity index (χ3n) is 6.74. The van der Waals surface area contributed by atoms with Gasteiger partial charge in [-0.3, -0.25) is 14.6 Å². The molecule has 1 aliphatic heterocycles. The molecule has 2 aromatic carbocycles. The number of hydrogen-bond donors (Lipinski definition) is 0. The summed E-state index contributed by atoms with van der Waals surface area (Å²) in [6, 6.07) is 13.4. The molecule has 0 unspecified atom stereocenters. The van der Waals surface area contributed by atoms with Gasteiger partial charge in [-0.25, -0.2) is 9.78 Å². The number of rotatable bonds is 12. The van der Waals surface area contributed by atoms with Gasteiger partial charge in [-0.1, -0.05) is 74.7 Å². The van der Waals surface area contributed by atoms with Gasteiger partial charge in [-0.2, -0.15) is 0 Å². The number of carbonyl (C=O) groups is 3. The molecule has 0 radical (unpaired) electrons. The molecular formula is C30H33Cl2N4O4-. The number of imide groups is 1. The molecule has 1 aromatic heterocycles. The maximum Gasteiger partial charge on any atom is 0.331 e. The fraction of sp³-hybridized carbons (Fsp3) is 0.333. The second-order valence-electron chi connectivity index (χ2n) is 9.61. The Morgan fingerprint density at radius 1 is 0.925 bits per heavy atom. The van der Waals surface area contributed by atoms with Crippen LogP contribution in [0.4, 0.5) is 4.79 Å². The minimum absolute atomic E-state index is 0. The number of amides is 3. The van der Waals surface area contributed by atoms with Crippen molar-refractivity contribution in [1.82, 2.24) is 19.4 Å². The van der Waals surface area contributed by atoms with Crippen LogP contribution in [-0.4, -0.2) is 43.8 Å². The fourth-order valence-corrected chi connectivity index (χ4v) is 4.62. The number of aromatic carboxylic acids is 1. The van der Waals surface area contributed by atoms with Crippen LogP contribution in [0.1, 0.15) is 72.5 Å². The third-order valence-corrected chi connectivity index (χ3v) is 7.00. The summed E-state index contributed by atoms with van der Waals surface area (Å²) in [4.78, 5) is 45.5. The first-order valence-electron chi connectivity index (χ1n) is 13.3. The Morgan fingerprint density at radius 3 is 2.17 bits per heavy atom. The van der Waals surface area contributed by atoms with Gasteiger partial charge in [-0.15, -0.1) is 12.4 Å². The molecule has 0 saturated carbocycles. The molecule has 0 aliphatic carbocycles. The third kappa shape index (κ3) is 7.11. The Hall–Kier alpha value is -3.62. The van der Waals surface area contributed by atoms with Crippen molar-refractivity contribution < 1.29 is 19.5 Å². The zero-order valence-electron chi connectivity index (χ0n) is 22.6. The van der Waals surface area contributed by atoms with Crippen LogP contribution >= 0.6 is 24.0 Å². The summed E-state index contributed by atoms with van der Waals surface area (Å²) >= 11 is 6.05. The van der Waals surface area contributed by atoms with E-state index in [9.17, 15) is 19.5 Å². The molecule has 0 bridgehead atoms. The Balaban J connectivity index is 0.00000441. The number of aryl methyl sites for hydroxylation is 1. The summed E-state index contributed by atoms with van der Waals surface area (Å²) in [6.07, 6.45) is 7.73. The highest BCUT2D eigenvalue weighted by molar-refractivity contribution is 6.30. The molecule has 0 N–H and O–H groups in total. The maximum absolute atomic E-state index is 13.5. The van der Waals surface area contributed by atoms with Crippen molar-refractivity contribution in [2.45, 2.75) is 59.0 Å². The zero-order chi connectivity index (χ0) is 27.9. The number of benzene rings is 2. The fourth-order valence-electron chi connectivity index (χ4n) is 4.50. The van der Waals surface area contributed by atoms with Crippen molar-refractivity contribution in [3.05, 3.63) is 93.7 Å². The van der Waals surface area contributed by atoms with E-state index in [1.807, 2.05) is 23.6 Å². The lowest BCUT2D eigenvalue weighted by Crippen LogP contribution is -2.33. The number of carbonyl (C=O) groups excluding carboxylic acids is 3. The SMILES string of the molecule is CCCCc1ncc(/C=C2/C(=O)N(CCCC)C(=O)N2Cc2ccc(Cl)cc2)n1Cc1ccc(C(=O)[O-])cc1.Cl. The van der Waals surface area contributed by atoms with Crippen LogP contribution in [0.15, 0.2) is 60.4 Å². The van der Waals surface area contributed by atoms with Crippen molar-refractivity contribution in [3.63, 3.8) is 0 Å². The van der Waals surface area contributed by atoms with Crippen LogP contribution in [0.5, 0.6) is 0 Å². The van der Waals surface area contributed by atoms with Crippen LogP contribution in [-0.2, 0) is 24.3 Å². The van der Waals surface area contributed by atoms with E-state index in [4.69, 9.17) is 11.6 Å². The molecule has 2 heterocycles. The van der Waals surface area contributed by atoms with E-state index in [0.717, 1.165) is 49.1 Å². The molecule has 0 atom stereocenters. The highest BCUT2D eigenvalue weighted by atomic mass is 35.5. The number of aromatic nitrogens is 2. The first-order chi connectivity index (χ1) is 18.8. The molecule has 1 aliphatic rings. The molecule has 4 rings (SSSR count). The van der Waals surface area contributed by atoms with Gasteiger partial charge in [-0.05, 0) is 47.7 Å². The van der Waals surface area contributed by atoms with E-state index >= 15 is 0 Å². The quantitative estimate of drug-likeness (QED) is 0.212. The highest BCUT2D eigenvalue weighted by Gasteiger charge is 2.40. The molecule has 1 fully saturated rings.